The summed E-state index contributed by atoms with van der Waals surface area (Å²) >= 11 is 0. The summed E-state index contributed by atoms with van der Waals surface area (Å²) in [5.41, 5.74) is 2.70. The van der Waals surface area contributed by atoms with Crippen LogP contribution in [0.25, 0.3) is 0 Å². The van der Waals surface area contributed by atoms with Gasteiger partial charge in [-0.1, -0.05) is 0 Å². The molecule has 0 fully saturated rings. The zero-order valence-electron chi connectivity index (χ0n) is 12.2. The number of methoxy groups -OCH3 is 1. The van der Waals surface area contributed by atoms with Gasteiger partial charge in [0.05, 0.1) is 7.11 Å². The number of carbonyl (C=O) groups is 1. The second-order valence-corrected chi connectivity index (χ2v) is 4.58. The second-order valence-electron chi connectivity index (χ2n) is 4.58. The maximum atomic E-state index is 13.6. The van der Waals surface area contributed by atoms with Crippen LogP contribution in [-0.2, 0) is 0 Å². The summed E-state index contributed by atoms with van der Waals surface area (Å²) in [7, 11) is 3.21. The molecule has 5 heteroatoms. The van der Waals surface area contributed by atoms with E-state index in [0.29, 0.717) is 11.3 Å². The fraction of sp³-hybridized carbons (Fsp3) is 0.188. The Hall–Kier alpha value is -2.56. The number of nitrogens with one attached hydrogen (secondary N) is 2. The van der Waals surface area contributed by atoms with Crippen LogP contribution in [0, 0.1) is 12.7 Å². The molecule has 0 spiro atoms. The van der Waals surface area contributed by atoms with Crippen molar-refractivity contribution >= 4 is 17.3 Å². The number of amides is 1. The van der Waals surface area contributed by atoms with Crippen molar-refractivity contribution in [3.05, 3.63) is 53.3 Å². The van der Waals surface area contributed by atoms with E-state index in [1.807, 2.05) is 26.1 Å². The summed E-state index contributed by atoms with van der Waals surface area (Å²) in [5.74, 6) is -0.653. The molecule has 0 saturated heterocycles. The van der Waals surface area contributed by atoms with Crippen LogP contribution in [0.15, 0.2) is 36.4 Å². The lowest BCUT2D eigenvalue weighted by molar-refractivity contribution is 0.102. The van der Waals surface area contributed by atoms with Gasteiger partial charge in [0.25, 0.3) is 5.91 Å². The molecule has 2 rings (SSSR count). The van der Waals surface area contributed by atoms with E-state index in [1.165, 1.54) is 19.2 Å². The van der Waals surface area contributed by atoms with Crippen LogP contribution >= 0.6 is 0 Å². The summed E-state index contributed by atoms with van der Waals surface area (Å²) < 4.78 is 18.4. The molecule has 1 amide bonds. The van der Waals surface area contributed by atoms with E-state index >= 15 is 0 Å². The molecule has 0 aliphatic rings. The summed E-state index contributed by atoms with van der Waals surface area (Å²) in [4.78, 5) is 12.2. The van der Waals surface area contributed by atoms with Crippen LogP contribution < -0.4 is 15.4 Å². The first-order valence-corrected chi connectivity index (χ1v) is 6.48. The highest BCUT2D eigenvalue weighted by molar-refractivity contribution is 6.05. The average molecular weight is 288 g/mol. The second kappa shape index (κ2) is 6.26. The van der Waals surface area contributed by atoms with E-state index in [2.05, 4.69) is 10.6 Å². The highest BCUT2D eigenvalue weighted by Crippen LogP contribution is 2.22. The minimum atomic E-state index is -0.516. The molecule has 0 saturated carbocycles. The molecule has 2 aromatic rings. The maximum Gasteiger partial charge on any atom is 0.255 e. The van der Waals surface area contributed by atoms with Gasteiger partial charge in [0.2, 0.25) is 0 Å². The molecule has 4 nitrogen and oxygen atoms in total. The minimum Gasteiger partial charge on any atom is -0.494 e. The van der Waals surface area contributed by atoms with Crippen LogP contribution in [0.2, 0.25) is 0 Å². The van der Waals surface area contributed by atoms with Gasteiger partial charge in [0.1, 0.15) is 0 Å². The monoisotopic (exact) mass is 288 g/mol. The van der Waals surface area contributed by atoms with E-state index < -0.39 is 5.82 Å². The largest absolute Gasteiger partial charge is 0.494 e. The van der Waals surface area contributed by atoms with E-state index in [0.717, 1.165) is 11.3 Å². The van der Waals surface area contributed by atoms with E-state index in [-0.39, 0.29) is 11.7 Å². The van der Waals surface area contributed by atoms with Gasteiger partial charge in [-0.25, -0.2) is 4.39 Å². The van der Waals surface area contributed by atoms with Gasteiger partial charge in [0, 0.05) is 30.1 Å². The number of benzene rings is 2. The number of hydrogen-bond acceptors (Lipinski definition) is 3. The number of halogens is 1. The number of anilines is 2. The SMILES string of the molecule is CNc1ccc(C(=O)Nc2ccc(OC)c(F)c2)c(C)c1. The van der Waals surface area contributed by atoms with Gasteiger partial charge in [-0.2, -0.15) is 0 Å². The Labute approximate surface area is 122 Å². The Morgan fingerprint density at radius 1 is 1.14 bits per heavy atom. The molecule has 21 heavy (non-hydrogen) atoms. The lowest BCUT2D eigenvalue weighted by atomic mass is 10.1. The van der Waals surface area contributed by atoms with Crippen molar-refractivity contribution in [1.29, 1.82) is 0 Å². The summed E-state index contributed by atoms with van der Waals surface area (Å²) in [6, 6.07) is 9.73. The first-order valence-electron chi connectivity index (χ1n) is 6.48. The van der Waals surface area contributed by atoms with Crippen molar-refractivity contribution in [1.82, 2.24) is 0 Å². The molecule has 0 heterocycles. The van der Waals surface area contributed by atoms with Crippen molar-refractivity contribution < 1.29 is 13.9 Å². The average Bonchev–Trinajstić information content (AvgIpc) is 2.47. The van der Waals surface area contributed by atoms with Crippen LogP contribution in [0.1, 0.15) is 15.9 Å². The molecular formula is C16H17FN2O2. The lowest BCUT2D eigenvalue weighted by Gasteiger charge is -2.10. The number of aryl methyl sites for hydroxylation is 1. The third-order valence-corrected chi connectivity index (χ3v) is 3.17. The molecule has 0 radical (unpaired) electrons. The Morgan fingerprint density at radius 3 is 2.43 bits per heavy atom. The normalized spacial score (nSPS) is 10.1. The van der Waals surface area contributed by atoms with Gasteiger partial charge < -0.3 is 15.4 Å². The van der Waals surface area contributed by atoms with Gasteiger partial charge in [-0.3, -0.25) is 4.79 Å². The topological polar surface area (TPSA) is 50.4 Å². The molecule has 0 aromatic heterocycles. The first kappa shape index (κ1) is 14.8. The Bertz CT molecular complexity index is 671. The third kappa shape index (κ3) is 3.31. The molecule has 0 atom stereocenters. The van der Waals surface area contributed by atoms with Crippen molar-refractivity contribution in [3.8, 4) is 5.75 Å². The fourth-order valence-electron chi connectivity index (χ4n) is 2.02. The van der Waals surface area contributed by atoms with Crippen molar-refractivity contribution in [2.45, 2.75) is 6.92 Å². The molecule has 110 valence electrons. The summed E-state index contributed by atoms with van der Waals surface area (Å²) in [6.07, 6.45) is 0. The molecule has 2 aromatic carbocycles. The molecule has 0 aliphatic carbocycles. The van der Waals surface area contributed by atoms with Crippen molar-refractivity contribution in [2.75, 3.05) is 24.8 Å². The highest BCUT2D eigenvalue weighted by atomic mass is 19.1. The number of carbonyl (C=O) groups excluding carboxylic acids is 1. The zero-order valence-corrected chi connectivity index (χ0v) is 12.2. The van der Waals surface area contributed by atoms with Crippen LogP contribution in [0.4, 0.5) is 15.8 Å². The highest BCUT2D eigenvalue weighted by Gasteiger charge is 2.11. The first-order chi connectivity index (χ1) is 10.0. The van der Waals surface area contributed by atoms with Crippen LogP contribution in [-0.4, -0.2) is 20.1 Å². The third-order valence-electron chi connectivity index (χ3n) is 3.17. The van der Waals surface area contributed by atoms with Gasteiger partial charge in [0.15, 0.2) is 11.6 Å². The minimum absolute atomic E-state index is 0.141. The quantitative estimate of drug-likeness (QED) is 0.906. The number of rotatable bonds is 4. The van der Waals surface area contributed by atoms with E-state index in [4.69, 9.17) is 4.74 Å². The number of ether oxygens (including phenoxy) is 1. The van der Waals surface area contributed by atoms with E-state index in [1.54, 1.807) is 12.1 Å². The smallest absolute Gasteiger partial charge is 0.255 e. The maximum absolute atomic E-state index is 13.6. The molecule has 0 bridgehead atoms. The van der Waals surface area contributed by atoms with Gasteiger partial charge in [-0.05, 0) is 42.8 Å². The molecule has 0 unspecified atom stereocenters. The van der Waals surface area contributed by atoms with Gasteiger partial charge in [-0.15, -0.1) is 0 Å². The van der Waals surface area contributed by atoms with Gasteiger partial charge >= 0.3 is 0 Å². The molecule has 0 aliphatic heterocycles. The lowest BCUT2D eigenvalue weighted by Crippen LogP contribution is -2.13. The zero-order chi connectivity index (χ0) is 15.4. The predicted molar refractivity (Wildman–Crippen MR) is 81.6 cm³/mol. The number of hydrogen-bond donors (Lipinski definition) is 2. The summed E-state index contributed by atoms with van der Waals surface area (Å²) in [5, 5.41) is 5.68. The van der Waals surface area contributed by atoms with Crippen molar-refractivity contribution in [2.24, 2.45) is 0 Å². The van der Waals surface area contributed by atoms with Crippen LogP contribution in [0.3, 0.4) is 0 Å². The standard InChI is InChI=1S/C16H17FN2O2/c1-10-8-11(18-2)4-6-13(10)16(20)19-12-5-7-15(21-3)14(17)9-12/h4-9,18H,1-3H3,(H,19,20). The molecular weight excluding hydrogens is 271 g/mol. The predicted octanol–water partition coefficient (Wildman–Crippen LogP) is 3.44. The molecule has 2 N–H and O–H groups in total. The Morgan fingerprint density at radius 2 is 1.86 bits per heavy atom. The fourth-order valence-corrected chi connectivity index (χ4v) is 2.02. The van der Waals surface area contributed by atoms with E-state index in [9.17, 15) is 9.18 Å². The Balaban J connectivity index is 2.20. The summed E-state index contributed by atoms with van der Waals surface area (Å²) in [6.45, 7) is 1.85. The Kier molecular flexibility index (Phi) is 4.42. The van der Waals surface area contributed by atoms with Crippen molar-refractivity contribution in [3.63, 3.8) is 0 Å². The van der Waals surface area contributed by atoms with Crippen LogP contribution in [0.5, 0.6) is 5.75 Å².